The standard InChI is InChI=1S/C19H18N4O5/c1-12(10-26-13-6-7-16-17(8-13)28-11-27-16)20-18(24)9-23-19(25)14-4-2-3-5-15(14)21-22-23/h2-8,12H,9-11H2,1H3,(H,20,24)/t12-/m0/s1. The van der Waals surface area contributed by atoms with Gasteiger partial charge in [-0.2, -0.15) is 0 Å². The third-order valence-corrected chi connectivity index (χ3v) is 4.17. The lowest BCUT2D eigenvalue weighted by Gasteiger charge is -2.15. The van der Waals surface area contributed by atoms with Crippen LogP contribution >= 0.6 is 0 Å². The average Bonchev–Trinajstić information content (AvgIpc) is 3.16. The van der Waals surface area contributed by atoms with Crippen LogP contribution in [0.25, 0.3) is 10.9 Å². The van der Waals surface area contributed by atoms with Crippen molar-refractivity contribution in [3.05, 3.63) is 52.8 Å². The number of hydrogen-bond acceptors (Lipinski definition) is 7. The number of ether oxygens (including phenoxy) is 3. The number of carbonyl (C=O) groups excluding carboxylic acids is 1. The van der Waals surface area contributed by atoms with Gasteiger partial charge in [0.15, 0.2) is 11.5 Å². The van der Waals surface area contributed by atoms with Crippen LogP contribution in [0.1, 0.15) is 6.92 Å². The summed E-state index contributed by atoms with van der Waals surface area (Å²) in [7, 11) is 0. The van der Waals surface area contributed by atoms with Crippen molar-refractivity contribution in [2.45, 2.75) is 19.5 Å². The first kappa shape index (κ1) is 17.8. The van der Waals surface area contributed by atoms with Crippen LogP contribution in [0, 0.1) is 0 Å². The Bertz CT molecular complexity index is 1080. The van der Waals surface area contributed by atoms with Gasteiger partial charge in [-0.25, -0.2) is 4.68 Å². The van der Waals surface area contributed by atoms with Gasteiger partial charge in [-0.3, -0.25) is 9.59 Å². The molecule has 1 aromatic heterocycles. The first-order valence-corrected chi connectivity index (χ1v) is 8.74. The van der Waals surface area contributed by atoms with E-state index in [-0.39, 0.29) is 37.5 Å². The van der Waals surface area contributed by atoms with E-state index in [1.54, 1.807) is 49.4 Å². The molecule has 1 amide bonds. The Morgan fingerprint density at radius 3 is 2.96 bits per heavy atom. The zero-order valence-corrected chi connectivity index (χ0v) is 15.1. The van der Waals surface area contributed by atoms with Crippen LogP contribution in [0.4, 0.5) is 0 Å². The highest BCUT2D eigenvalue weighted by atomic mass is 16.7. The van der Waals surface area contributed by atoms with E-state index < -0.39 is 0 Å². The minimum Gasteiger partial charge on any atom is -0.491 e. The molecule has 9 heteroatoms. The molecule has 0 aliphatic carbocycles. The highest BCUT2D eigenvalue weighted by molar-refractivity contribution is 5.78. The van der Waals surface area contributed by atoms with Gasteiger partial charge < -0.3 is 19.5 Å². The smallest absolute Gasteiger partial charge is 0.278 e. The molecule has 2 aromatic carbocycles. The Morgan fingerprint density at radius 2 is 2.07 bits per heavy atom. The maximum Gasteiger partial charge on any atom is 0.278 e. The molecule has 4 rings (SSSR count). The van der Waals surface area contributed by atoms with E-state index in [4.69, 9.17) is 14.2 Å². The predicted molar refractivity (Wildman–Crippen MR) is 99.5 cm³/mol. The quantitative estimate of drug-likeness (QED) is 0.681. The first-order valence-electron chi connectivity index (χ1n) is 8.74. The van der Waals surface area contributed by atoms with Crippen molar-refractivity contribution in [1.82, 2.24) is 20.3 Å². The highest BCUT2D eigenvalue weighted by Gasteiger charge is 2.15. The fourth-order valence-corrected chi connectivity index (χ4v) is 2.81. The van der Waals surface area contributed by atoms with Gasteiger partial charge in [0.05, 0.1) is 11.4 Å². The van der Waals surface area contributed by atoms with Gasteiger partial charge in [-0.05, 0) is 31.2 Å². The summed E-state index contributed by atoms with van der Waals surface area (Å²) in [5.41, 5.74) is 0.139. The Kier molecular flexibility index (Phi) is 4.79. The predicted octanol–water partition coefficient (Wildman–Crippen LogP) is 1.10. The van der Waals surface area contributed by atoms with Gasteiger partial charge in [-0.15, -0.1) is 5.10 Å². The number of benzene rings is 2. The van der Waals surface area contributed by atoms with Crippen molar-refractivity contribution in [3.8, 4) is 17.2 Å². The van der Waals surface area contributed by atoms with Gasteiger partial charge in [0.1, 0.15) is 24.4 Å². The monoisotopic (exact) mass is 382 g/mol. The topological polar surface area (TPSA) is 105 Å². The summed E-state index contributed by atoms with van der Waals surface area (Å²) in [5, 5.41) is 11.0. The molecule has 28 heavy (non-hydrogen) atoms. The zero-order chi connectivity index (χ0) is 19.5. The number of amides is 1. The minimum absolute atomic E-state index is 0.197. The molecule has 0 bridgehead atoms. The number of nitrogens with zero attached hydrogens (tertiary/aromatic N) is 3. The lowest BCUT2D eigenvalue weighted by molar-refractivity contribution is -0.122. The number of aromatic nitrogens is 3. The molecule has 0 saturated carbocycles. The number of rotatable bonds is 6. The van der Waals surface area contributed by atoms with Crippen LogP contribution in [0.2, 0.25) is 0 Å². The molecular formula is C19H18N4O5. The first-order chi connectivity index (χ1) is 13.6. The second-order valence-corrected chi connectivity index (χ2v) is 6.36. The summed E-state index contributed by atoms with van der Waals surface area (Å²) in [6.07, 6.45) is 0. The Morgan fingerprint density at radius 1 is 1.25 bits per heavy atom. The van der Waals surface area contributed by atoms with Crippen LogP contribution in [0.3, 0.4) is 0 Å². The molecule has 0 saturated heterocycles. The molecule has 144 valence electrons. The fourth-order valence-electron chi connectivity index (χ4n) is 2.81. The minimum atomic E-state index is -0.356. The molecule has 0 fully saturated rings. The van der Waals surface area contributed by atoms with Crippen molar-refractivity contribution < 1.29 is 19.0 Å². The van der Waals surface area contributed by atoms with Crippen molar-refractivity contribution in [2.24, 2.45) is 0 Å². The van der Waals surface area contributed by atoms with E-state index in [0.29, 0.717) is 28.2 Å². The maximum absolute atomic E-state index is 12.4. The second-order valence-electron chi connectivity index (χ2n) is 6.36. The van der Waals surface area contributed by atoms with Crippen LogP contribution in [-0.2, 0) is 11.3 Å². The third-order valence-electron chi connectivity index (χ3n) is 4.17. The average molecular weight is 382 g/mol. The van der Waals surface area contributed by atoms with Crippen molar-refractivity contribution in [2.75, 3.05) is 13.4 Å². The van der Waals surface area contributed by atoms with E-state index >= 15 is 0 Å². The lowest BCUT2D eigenvalue weighted by Crippen LogP contribution is -2.41. The Hall–Kier alpha value is -3.62. The molecule has 9 nitrogen and oxygen atoms in total. The zero-order valence-electron chi connectivity index (χ0n) is 15.1. The number of carbonyl (C=O) groups is 1. The summed E-state index contributed by atoms with van der Waals surface area (Å²) in [6, 6.07) is 11.9. The molecule has 1 atom stereocenters. The van der Waals surface area contributed by atoms with Gasteiger partial charge in [-0.1, -0.05) is 17.3 Å². The van der Waals surface area contributed by atoms with E-state index in [1.165, 1.54) is 0 Å². The van der Waals surface area contributed by atoms with Gasteiger partial charge >= 0.3 is 0 Å². The Labute approximate surface area is 159 Å². The van der Waals surface area contributed by atoms with Crippen LogP contribution in [0.15, 0.2) is 47.3 Å². The number of hydrogen-bond donors (Lipinski definition) is 1. The molecule has 1 N–H and O–H groups in total. The van der Waals surface area contributed by atoms with Crippen LogP contribution < -0.4 is 25.1 Å². The SMILES string of the molecule is C[C@@H](COc1ccc2c(c1)OCO2)NC(=O)Cn1nnc2ccccc2c1=O. The molecule has 0 unspecified atom stereocenters. The molecule has 0 spiro atoms. The molecule has 1 aliphatic heterocycles. The van der Waals surface area contributed by atoms with Crippen LogP contribution in [0.5, 0.6) is 17.2 Å². The highest BCUT2D eigenvalue weighted by Crippen LogP contribution is 2.35. The largest absolute Gasteiger partial charge is 0.491 e. The second kappa shape index (κ2) is 7.55. The summed E-state index contributed by atoms with van der Waals surface area (Å²) in [6.45, 7) is 2.04. The van der Waals surface area contributed by atoms with Gasteiger partial charge in [0, 0.05) is 6.07 Å². The molecule has 1 aliphatic rings. The summed E-state index contributed by atoms with van der Waals surface area (Å²) in [5.74, 6) is 1.56. The normalized spacial score (nSPS) is 13.3. The van der Waals surface area contributed by atoms with Crippen LogP contribution in [-0.4, -0.2) is 40.3 Å². The third kappa shape index (κ3) is 3.73. The van der Waals surface area contributed by atoms with Crippen molar-refractivity contribution >= 4 is 16.8 Å². The maximum atomic E-state index is 12.4. The lowest BCUT2D eigenvalue weighted by atomic mass is 10.2. The summed E-state index contributed by atoms with van der Waals surface area (Å²) >= 11 is 0. The van der Waals surface area contributed by atoms with E-state index in [9.17, 15) is 9.59 Å². The van der Waals surface area contributed by atoms with Gasteiger partial charge in [0.25, 0.3) is 5.56 Å². The molecular weight excluding hydrogens is 364 g/mol. The van der Waals surface area contributed by atoms with Crippen molar-refractivity contribution in [1.29, 1.82) is 0 Å². The summed E-state index contributed by atoms with van der Waals surface area (Å²) in [4.78, 5) is 24.6. The fraction of sp³-hybridized carbons (Fsp3) is 0.263. The number of nitrogens with one attached hydrogen (secondary N) is 1. The molecule has 2 heterocycles. The number of fused-ring (bicyclic) bond motifs is 2. The van der Waals surface area contributed by atoms with E-state index in [0.717, 1.165) is 4.68 Å². The molecule has 3 aromatic rings. The van der Waals surface area contributed by atoms with Crippen molar-refractivity contribution in [3.63, 3.8) is 0 Å². The van der Waals surface area contributed by atoms with E-state index in [2.05, 4.69) is 15.6 Å². The molecule has 0 radical (unpaired) electrons. The summed E-state index contributed by atoms with van der Waals surface area (Å²) < 4.78 is 17.3. The Balaban J connectivity index is 1.33. The van der Waals surface area contributed by atoms with Gasteiger partial charge in [0.2, 0.25) is 12.7 Å². The van der Waals surface area contributed by atoms with E-state index in [1.807, 2.05) is 0 Å².